The molecule has 156 valence electrons. The Kier molecular flexibility index (Phi) is 6.37. The number of nitrogens with one attached hydrogen (secondary N) is 1. The number of nitrogens with zero attached hydrogens (tertiary/aromatic N) is 3. The molecule has 0 unspecified atom stereocenters. The third-order valence-corrected chi connectivity index (χ3v) is 5.07. The van der Waals surface area contributed by atoms with Gasteiger partial charge in [-0.15, -0.1) is 0 Å². The van der Waals surface area contributed by atoms with Gasteiger partial charge in [-0.25, -0.2) is 14.1 Å². The predicted octanol–water partition coefficient (Wildman–Crippen LogP) is 4.93. The van der Waals surface area contributed by atoms with Gasteiger partial charge in [-0.05, 0) is 64.5 Å². The first-order valence-corrected chi connectivity index (χ1v) is 10.4. The molecule has 2 aromatic carbocycles. The van der Waals surface area contributed by atoms with Crippen LogP contribution in [0.5, 0.6) is 11.6 Å². The molecule has 4 rings (SSSR count). The van der Waals surface area contributed by atoms with E-state index < -0.39 is 5.82 Å². The van der Waals surface area contributed by atoms with E-state index in [-0.39, 0.29) is 17.4 Å². The number of pyridine rings is 1. The third kappa shape index (κ3) is 5.16. The Morgan fingerprint density at radius 1 is 1.10 bits per heavy atom. The highest BCUT2D eigenvalue weighted by Gasteiger charge is 2.15. The van der Waals surface area contributed by atoms with Gasteiger partial charge in [-0.1, -0.05) is 18.2 Å². The van der Waals surface area contributed by atoms with Crippen LogP contribution in [0.4, 0.5) is 4.39 Å². The lowest BCUT2D eigenvalue weighted by Crippen LogP contribution is -2.26. The van der Waals surface area contributed by atoms with Crippen molar-refractivity contribution in [2.45, 2.75) is 6.42 Å². The molecule has 0 fully saturated rings. The predicted molar refractivity (Wildman–Crippen MR) is 118 cm³/mol. The highest BCUT2D eigenvalue weighted by Crippen LogP contribution is 2.30. The SMILES string of the molecule is O=C(NCCc1ccn(-c2ccccc2)n1)c1cccnc1Oc1ccc(F)cc1Br. The zero-order valence-corrected chi connectivity index (χ0v) is 17.9. The van der Waals surface area contributed by atoms with Crippen LogP contribution in [0.1, 0.15) is 16.1 Å². The second-order valence-corrected chi connectivity index (χ2v) is 7.48. The van der Waals surface area contributed by atoms with E-state index in [9.17, 15) is 9.18 Å². The van der Waals surface area contributed by atoms with Crippen molar-refractivity contribution in [3.8, 4) is 17.3 Å². The van der Waals surface area contributed by atoms with Gasteiger partial charge in [0.1, 0.15) is 17.1 Å². The number of carbonyl (C=O) groups is 1. The summed E-state index contributed by atoms with van der Waals surface area (Å²) >= 11 is 3.25. The van der Waals surface area contributed by atoms with E-state index in [4.69, 9.17) is 4.74 Å². The molecule has 0 atom stereocenters. The van der Waals surface area contributed by atoms with Crippen LogP contribution in [0.15, 0.2) is 83.6 Å². The van der Waals surface area contributed by atoms with Crippen molar-refractivity contribution in [3.05, 3.63) is 101 Å². The van der Waals surface area contributed by atoms with E-state index in [2.05, 4.69) is 31.3 Å². The lowest BCUT2D eigenvalue weighted by Gasteiger charge is -2.11. The molecule has 2 aromatic heterocycles. The molecule has 1 N–H and O–H groups in total. The van der Waals surface area contributed by atoms with Gasteiger partial charge in [0.25, 0.3) is 5.91 Å². The minimum absolute atomic E-state index is 0.140. The Hall–Kier alpha value is -3.52. The number of hydrogen-bond acceptors (Lipinski definition) is 4. The van der Waals surface area contributed by atoms with Gasteiger partial charge >= 0.3 is 0 Å². The van der Waals surface area contributed by atoms with E-state index in [0.717, 1.165) is 11.4 Å². The molecular weight excluding hydrogens is 463 g/mol. The summed E-state index contributed by atoms with van der Waals surface area (Å²) in [5, 5.41) is 7.40. The Balaban J connectivity index is 1.39. The molecule has 0 bridgehead atoms. The highest BCUT2D eigenvalue weighted by molar-refractivity contribution is 9.10. The smallest absolute Gasteiger partial charge is 0.256 e. The van der Waals surface area contributed by atoms with Crippen LogP contribution in [-0.4, -0.2) is 27.2 Å². The van der Waals surface area contributed by atoms with Crippen LogP contribution in [-0.2, 0) is 6.42 Å². The average Bonchev–Trinajstić information content (AvgIpc) is 3.25. The number of aromatic nitrogens is 3. The Morgan fingerprint density at radius 2 is 1.94 bits per heavy atom. The fourth-order valence-corrected chi connectivity index (χ4v) is 3.36. The van der Waals surface area contributed by atoms with Crippen molar-refractivity contribution in [3.63, 3.8) is 0 Å². The summed E-state index contributed by atoms with van der Waals surface area (Å²) in [4.78, 5) is 16.8. The monoisotopic (exact) mass is 480 g/mol. The summed E-state index contributed by atoms with van der Waals surface area (Å²) in [6.45, 7) is 0.402. The second kappa shape index (κ2) is 9.53. The molecule has 31 heavy (non-hydrogen) atoms. The highest BCUT2D eigenvalue weighted by atomic mass is 79.9. The summed E-state index contributed by atoms with van der Waals surface area (Å²) in [6.07, 6.45) is 3.99. The molecule has 2 heterocycles. The van der Waals surface area contributed by atoms with Gasteiger partial charge in [0, 0.05) is 25.4 Å². The molecule has 0 spiro atoms. The fourth-order valence-electron chi connectivity index (χ4n) is 2.93. The van der Waals surface area contributed by atoms with E-state index in [1.54, 1.807) is 16.8 Å². The number of amides is 1. The topological polar surface area (TPSA) is 69.0 Å². The second-order valence-electron chi connectivity index (χ2n) is 6.63. The van der Waals surface area contributed by atoms with Crippen molar-refractivity contribution in [2.75, 3.05) is 6.54 Å². The number of para-hydroxylation sites is 1. The molecular formula is C23H18BrFN4O2. The number of benzene rings is 2. The fraction of sp³-hybridized carbons (Fsp3) is 0.0870. The van der Waals surface area contributed by atoms with Crippen molar-refractivity contribution in [1.29, 1.82) is 0 Å². The minimum atomic E-state index is -0.395. The quantitative estimate of drug-likeness (QED) is 0.407. The summed E-state index contributed by atoms with van der Waals surface area (Å²) in [7, 11) is 0. The first-order chi connectivity index (χ1) is 15.1. The number of halogens is 2. The van der Waals surface area contributed by atoms with Gasteiger partial charge in [-0.2, -0.15) is 5.10 Å². The molecule has 0 radical (unpaired) electrons. The standard InChI is InChI=1S/C23H18BrFN4O2/c24-20-15-16(25)8-9-21(20)31-23-19(7-4-12-27-23)22(30)26-13-10-17-11-14-29(28-17)18-5-2-1-3-6-18/h1-9,11-12,14-15H,10,13H2,(H,26,30). The molecule has 0 saturated heterocycles. The van der Waals surface area contributed by atoms with Crippen molar-refractivity contribution in [2.24, 2.45) is 0 Å². The summed E-state index contributed by atoms with van der Waals surface area (Å²) in [6, 6.07) is 19.0. The van der Waals surface area contributed by atoms with Crippen LogP contribution in [0.25, 0.3) is 5.69 Å². The lowest BCUT2D eigenvalue weighted by atomic mass is 10.2. The van der Waals surface area contributed by atoms with Gasteiger partial charge < -0.3 is 10.1 Å². The molecule has 0 aliphatic heterocycles. The zero-order valence-electron chi connectivity index (χ0n) is 16.3. The molecule has 8 heteroatoms. The third-order valence-electron chi connectivity index (χ3n) is 4.45. The van der Waals surface area contributed by atoms with Crippen LogP contribution in [0, 0.1) is 5.82 Å². The normalized spacial score (nSPS) is 10.6. The molecule has 0 aliphatic carbocycles. The van der Waals surface area contributed by atoms with Crippen molar-refractivity contribution in [1.82, 2.24) is 20.1 Å². The number of rotatable bonds is 7. The Labute approximate surface area is 186 Å². The maximum atomic E-state index is 13.3. The average molecular weight is 481 g/mol. The number of carbonyl (C=O) groups excluding carboxylic acids is 1. The van der Waals surface area contributed by atoms with Crippen LogP contribution in [0.3, 0.4) is 0 Å². The van der Waals surface area contributed by atoms with Crippen molar-refractivity contribution >= 4 is 21.8 Å². The summed E-state index contributed by atoms with van der Waals surface area (Å²) < 4.78 is 21.3. The van der Waals surface area contributed by atoms with E-state index >= 15 is 0 Å². The summed E-state index contributed by atoms with van der Waals surface area (Å²) in [5.41, 5.74) is 2.12. The molecule has 6 nitrogen and oxygen atoms in total. The maximum absolute atomic E-state index is 13.3. The summed E-state index contributed by atoms with van der Waals surface area (Å²) in [5.74, 6) is -0.210. The largest absolute Gasteiger partial charge is 0.437 e. The molecule has 4 aromatic rings. The first kappa shape index (κ1) is 20.7. The van der Waals surface area contributed by atoms with Gasteiger partial charge in [0.15, 0.2) is 0 Å². The van der Waals surface area contributed by atoms with E-state index in [1.165, 1.54) is 24.4 Å². The number of ether oxygens (including phenoxy) is 1. The zero-order chi connectivity index (χ0) is 21.6. The first-order valence-electron chi connectivity index (χ1n) is 9.56. The van der Waals surface area contributed by atoms with Gasteiger partial charge in [0.2, 0.25) is 5.88 Å². The molecule has 0 saturated carbocycles. The Morgan fingerprint density at radius 3 is 2.74 bits per heavy atom. The van der Waals surface area contributed by atoms with E-state index in [0.29, 0.717) is 23.2 Å². The molecule has 1 amide bonds. The molecule has 0 aliphatic rings. The van der Waals surface area contributed by atoms with Crippen LogP contribution < -0.4 is 10.1 Å². The van der Waals surface area contributed by atoms with Crippen LogP contribution in [0.2, 0.25) is 0 Å². The van der Waals surface area contributed by atoms with Crippen LogP contribution >= 0.6 is 15.9 Å². The Bertz CT molecular complexity index is 1200. The lowest BCUT2D eigenvalue weighted by molar-refractivity contribution is 0.0951. The van der Waals surface area contributed by atoms with Crippen molar-refractivity contribution < 1.29 is 13.9 Å². The number of hydrogen-bond donors (Lipinski definition) is 1. The van der Waals surface area contributed by atoms with E-state index in [1.807, 2.05) is 42.6 Å². The van der Waals surface area contributed by atoms with Gasteiger partial charge in [0.05, 0.1) is 15.9 Å². The van der Waals surface area contributed by atoms with Gasteiger partial charge in [-0.3, -0.25) is 4.79 Å². The maximum Gasteiger partial charge on any atom is 0.256 e. The minimum Gasteiger partial charge on any atom is -0.437 e.